The average molecular weight is 375 g/mol. The van der Waals surface area contributed by atoms with E-state index >= 15 is 0 Å². The molecule has 1 aromatic carbocycles. The second-order valence-electron chi connectivity index (χ2n) is 5.54. The molecular formula is C16H21N7O2S. The summed E-state index contributed by atoms with van der Waals surface area (Å²) in [4.78, 5) is 10.9. The van der Waals surface area contributed by atoms with Crippen LogP contribution in [0.25, 0.3) is 0 Å². The predicted octanol–water partition coefficient (Wildman–Crippen LogP) is 0.879. The summed E-state index contributed by atoms with van der Waals surface area (Å²) in [5.74, 6) is 0.648. The second-order valence-corrected chi connectivity index (χ2v) is 6.96. The summed E-state index contributed by atoms with van der Waals surface area (Å²) in [6.07, 6.45) is 2.45. The van der Waals surface area contributed by atoms with E-state index in [1.54, 1.807) is 7.05 Å². The summed E-state index contributed by atoms with van der Waals surface area (Å²) in [5.41, 5.74) is 7.92. The second kappa shape index (κ2) is 8.21. The first kappa shape index (κ1) is 18.2. The van der Waals surface area contributed by atoms with Crippen LogP contribution in [0.2, 0.25) is 0 Å². The van der Waals surface area contributed by atoms with Crippen LogP contribution in [0.15, 0.2) is 29.4 Å². The highest BCUT2D eigenvalue weighted by molar-refractivity contribution is 7.83. The van der Waals surface area contributed by atoms with E-state index in [9.17, 15) is 4.21 Å². The van der Waals surface area contributed by atoms with Gasteiger partial charge in [-0.25, -0.2) is 18.9 Å². The maximum atomic E-state index is 12.1. The Labute approximate surface area is 154 Å². The summed E-state index contributed by atoms with van der Waals surface area (Å²) < 4.78 is 20.3. The number of hydrogen-bond acceptors (Lipinski definition) is 8. The standard InChI is InChI=1S/C16H21N7O2S/c1-19-26(24)11-2-3-14(23-4-6-25-7-5-23)13(8-11)22-16-12(9-17)15(18)20-10-21-16/h2-3,8-10,17,19H,4-7H2,1H3,(H3,18,20,21,22). The van der Waals surface area contributed by atoms with E-state index in [2.05, 4.69) is 24.9 Å². The molecule has 0 radical (unpaired) electrons. The Morgan fingerprint density at radius 2 is 2.12 bits per heavy atom. The van der Waals surface area contributed by atoms with Gasteiger partial charge in [-0.05, 0) is 25.2 Å². The highest BCUT2D eigenvalue weighted by Crippen LogP contribution is 2.32. The van der Waals surface area contributed by atoms with Crippen molar-refractivity contribution >= 4 is 40.2 Å². The molecule has 1 fully saturated rings. The summed E-state index contributed by atoms with van der Waals surface area (Å²) >= 11 is 0. The third-order valence-electron chi connectivity index (χ3n) is 4.03. The minimum Gasteiger partial charge on any atom is -0.383 e. The van der Waals surface area contributed by atoms with Gasteiger partial charge in [-0.2, -0.15) is 0 Å². The Bertz CT molecular complexity index is 824. The molecule has 3 rings (SSSR count). The van der Waals surface area contributed by atoms with Crippen LogP contribution in [0.1, 0.15) is 5.56 Å². The largest absolute Gasteiger partial charge is 0.383 e. The number of nitrogens with one attached hydrogen (secondary N) is 3. The van der Waals surface area contributed by atoms with E-state index in [4.69, 9.17) is 15.9 Å². The molecule has 0 amide bonds. The lowest BCUT2D eigenvalue weighted by molar-refractivity contribution is 0.123. The number of ether oxygens (including phenoxy) is 1. The first-order chi connectivity index (χ1) is 12.6. The van der Waals surface area contributed by atoms with Crippen molar-refractivity contribution in [3.05, 3.63) is 30.1 Å². The highest BCUT2D eigenvalue weighted by atomic mass is 32.2. The molecule has 0 aliphatic carbocycles. The van der Waals surface area contributed by atoms with Crippen LogP contribution in [0.5, 0.6) is 0 Å². The van der Waals surface area contributed by atoms with E-state index in [-0.39, 0.29) is 5.82 Å². The number of anilines is 4. The SMILES string of the molecule is CNS(=O)c1ccc(N2CCOCC2)c(Nc2ncnc(N)c2C=N)c1. The first-order valence-corrected chi connectivity index (χ1v) is 9.23. The minimum atomic E-state index is -1.32. The topological polar surface area (TPSA) is 129 Å². The van der Waals surface area contributed by atoms with Crippen LogP contribution in [-0.2, 0) is 15.7 Å². The first-order valence-electron chi connectivity index (χ1n) is 8.08. The molecular weight excluding hydrogens is 354 g/mol. The van der Waals surface area contributed by atoms with Gasteiger partial charge < -0.3 is 26.1 Å². The molecule has 10 heteroatoms. The predicted molar refractivity (Wildman–Crippen MR) is 103 cm³/mol. The number of nitrogens with two attached hydrogens (primary N) is 1. The van der Waals surface area contributed by atoms with Crippen molar-refractivity contribution in [3.8, 4) is 0 Å². The number of benzene rings is 1. The molecule has 0 bridgehead atoms. The van der Waals surface area contributed by atoms with Gasteiger partial charge in [-0.15, -0.1) is 0 Å². The molecule has 1 saturated heterocycles. The molecule has 1 aliphatic rings. The van der Waals surface area contributed by atoms with Crippen molar-refractivity contribution in [2.45, 2.75) is 4.90 Å². The zero-order chi connectivity index (χ0) is 18.5. The van der Waals surface area contributed by atoms with Crippen LogP contribution in [0.3, 0.4) is 0 Å². The van der Waals surface area contributed by atoms with Crippen molar-refractivity contribution in [1.82, 2.24) is 14.7 Å². The molecule has 1 atom stereocenters. The van der Waals surface area contributed by atoms with Gasteiger partial charge in [0.1, 0.15) is 28.9 Å². The zero-order valence-electron chi connectivity index (χ0n) is 14.4. The summed E-state index contributed by atoms with van der Waals surface area (Å²) in [5, 5.41) is 10.8. The van der Waals surface area contributed by atoms with E-state index in [0.717, 1.165) is 30.7 Å². The molecule has 1 unspecified atom stereocenters. The molecule has 26 heavy (non-hydrogen) atoms. The van der Waals surface area contributed by atoms with Gasteiger partial charge in [0.25, 0.3) is 0 Å². The van der Waals surface area contributed by atoms with E-state index in [1.807, 2.05) is 18.2 Å². The van der Waals surface area contributed by atoms with Crippen LogP contribution in [-0.4, -0.2) is 53.7 Å². The molecule has 1 aliphatic heterocycles. The molecule has 5 N–H and O–H groups in total. The molecule has 9 nitrogen and oxygen atoms in total. The van der Waals surface area contributed by atoms with Gasteiger partial charge >= 0.3 is 0 Å². The maximum Gasteiger partial charge on any atom is 0.144 e. The highest BCUT2D eigenvalue weighted by Gasteiger charge is 2.18. The minimum absolute atomic E-state index is 0.223. The number of nitrogen functional groups attached to an aromatic ring is 1. The molecule has 2 aromatic rings. The lowest BCUT2D eigenvalue weighted by atomic mass is 10.2. The van der Waals surface area contributed by atoms with E-state index in [0.29, 0.717) is 29.5 Å². The fraction of sp³-hybridized carbons (Fsp3) is 0.312. The molecule has 138 valence electrons. The van der Waals surface area contributed by atoms with Crippen LogP contribution < -0.4 is 20.7 Å². The van der Waals surface area contributed by atoms with E-state index in [1.165, 1.54) is 6.33 Å². The van der Waals surface area contributed by atoms with Crippen molar-refractivity contribution in [1.29, 1.82) is 5.41 Å². The Hall–Kier alpha value is -2.56. The molecule has 0 spiro atoms. The van der Waals surface area contributed by atoms with Crippen LogP contribution in [0.4, 0.5) is 23.0 Å². The Balaban J connectivity index is 2.03. The lowest BCUT2D eigenvalue weighted by Gasteiger charge is -2.31. The fourth-order valence-corrected chi connectivity index (χ4v) is 3.36. The van der Waals surface area contributed by atoms with Crippen LogP contribution in [0, 0.1) is 5.41 Å². The number of nitrogens with zero attached hydrogens (tertiary/aromatic N) is 3. The van der Waals surface area contributed by atoms with Gasteiger partial charge in [0.05, 0.1) is 35.0 Å². The third-order valence-corrected chi connectivity index (χ3v) is 5.08. The quantitative estimate of drug-likeness (QED) is 0.552. The number of hydrogen-bond donors (Lipinski definition) is 4. The molecule has 2 heterocycles. The third kappa shape index (κ3) is 3.82. The number of morpholine rings is 1. The van der Waals surface area contributed by atoms with Gasteiger partial charge in [-0.1, -0.05) is 0 Å². The monoisotopic (exact) mass is 375 g/mol. The van der Waals surface area contributed by atoms with Gasteiger partial charge in [0, 0.05) is 19.3 Å². The number of aromatic nitrogens is 2. The average Bonchev–Trinajstić information content (AvgIpc) is 2.68. The van der Waals surface area contributed by atoms with Crippen molar-refractivity contribution in [2.24, 2.45) is 0 Å². The van der Waals surface area contributed by atoms with Gasteiger partial charge in [-0.3, -0.25) is 0 Å². The van der Waals surface area contributed by atoms with Crippen molar-refractivity contribution in [2.75, 3.05) is 49.3 Å². The maximum absolute atomic E-state index is 12.1. The lowest BCUT2D eigenvalue weighted by Crippen LogP contribution is -2.36. The summed E-state index contributed by atoms with van der Waals surface area (Å²) in [6.45, 7) is 2.81. The van der Waals surface area contributed by atoms with E-state index < -0.39 is 11.0 Å². The summed E-state index contributed by atoms with van der Waals surface area (Å²) in [7, 11) is 0.317. The fourth-order valence-electron chi connectivity index (χ4n) is 2.71. The molecule has 1 aromatic heterocycles. The van der Waals surface area contributed by atoms with Crippen LogP contribution >= 0.6 is 0 Å². The van der Waals surface area contributed by atoms with Crippen molar-refractivity contribution in [3.63, 3.8) is 0 Å². The number of rotatable bonds is 6. The Kier molecular flexibility index (Phi) is 5.76. The van der Waals surface area contributed by atoms with Crippen molar-refractivity contribution < 1.29 is 8.95 Å². The normalized spacial score (nSPS) is 15.5. The Morgan fingerprint density at radius 3 is 2.81 bits per heavy atom. The smallest absolute Gasteiger partial charge is 0.144 e. The summed E-state index contributed by atoms with van der Waals surface area (Å²) in [6, 6.07) is 5.56. The van der Waals surface area contributed by atoms with Gasteiger partial charge in [0.2, 0.25) is 0 Å². The zero-order valence-corrected chi connectivity index (χ0v) is 15.2. The molecule has 0 saturated carbocycles. The van der Waals surface area contributed by atoms with Gasteiger partial charge in [0.15, 0.2) is 0 Å². The Morgan fingerprint density at radius 1 is 1.35 bits per heavy atom.